The molecule has 0 unspecified atom stereocenters. The normalized spacial score (nSPS) is 12.6. The fourth-order valence-electron chi connectivity index (χ4n) is 2.21. The van der Waals surface area contributed by atoms with Crippen molar-refractivity contribution in [1.82, 2.24) is 0 Å². The summed E-state index contributed by atoms with van der Waals surface area (Å²) in [7, 11) is 0. The van der Waals surface area contributed by atoms with Gasteiger partial charge in [-0.15, -0.1) is 0 Å². The lowest BCUT2D eigenvalue weighted by Gasteiger charge is -2.26. The quantitative estimate of drug-likeness (QED) is 0.788. The minimum Gasteiger partial charge on any atom is -0.508 e. The van der Waals surface area contributed by atoms with Gasteiger partial charge in [-0.05, 0) is 35.4 Å². The zero-order chi connectivity index (χ0) is 17.3. The largest absolute Gasteiger partial charge is 0.508 e. The van der Waals surface area contributed by atoms with Gasteiger partial charge in [0.25, 0.3) is 0 Å². The molecule has 0 aliphatic rings. The number of hydrogen-bond acceptors (Lipinski definition) is 2. The van der Waals surface area contributed by atoms with E-state index in [-0.39, 0.29) is 22.6 Å². The molecule has 2 nitrogen and oxygen atoms in total. The van der Waals surface area contributed by atoms with Crippen LogP contribution >= 0.6 is 0 Å². The lowest BCUT2D eigenvalue weighted by Crippen LogP contribution is -2.38. The van der Waals surface area contributed by atoms with E-state index in [1.807, 2.05) is 0 Å². The Labute approximate surface area is 128 Å². The molecular formula is C16H13F5O2. The Kier molecular flexibility index (Phi) is 4.49. The summed E-state index contributed by atoms with van der Waals surface area (Å²) in [5.74, 6) is -6.36. The van der Waals surface area contributed by atoms with E-state index in [1.54, 1.807) is 0 Å². The van der Waals surface area contributed by atoms with Crippen molar-refractivity contribution >= 4 is 0 Å². The number of halogens is 5. The van der Waals surface area contributed by atoms with Crippen LogP contribution in [0.5, 0.6) is 11.5 Å². The molecule has 0 aliphatic heterocycles. The summed E-state index contributed by atoms with van der Waals surface area (Å²) in [4.78, 5) is 0. The van der Waals surface area contributed by atoms with E-state index in [0.29, 0.717) is 0 Å². The first-order chi connectivity index (χ1) is 10.6. The first-order valence-corrected chi connectivity index (χ1v) is 6.62. The number of hydrogen-bond donors (Lipinski definition) is 2. The van der Waals surface area contributed by atoms with E-state index in [0.717, 1.165) is 0 Å². The molecule has 0 fully saturated rings. The van der Waals surface area contributed by atoms with Crippen LogP contribution < -0.4 is 0 Å². The molecular weight excluding hydrogens is 319 g/mol. The third-order valence-corrected chi connectivity index (χ3v) is 3.47. The Bertz CT molecular complexity index is 602. The Morgan fingerprint density at radius 3 is 1.35 bits per heavy atom. The molecule has 124 valence electrons. The van der Waals surface area contributed by atoms with Gasteiger partial charge in [0.1, 0.15) is 11.5 Å². The monoisotopic (exact) mass is 332 g/mol. The molecule has 7 heteroatoms. The van der Waals surface area contributed by atoms with E-state index >= 15 is 0 Å². The molecule has 2 N–H and O–H groups in total. The summed E-state index contributed by atoms with van der Waals surface area (Å²) in [5.41, 5.74) is 0.412. The van der Waals surface area contributed by atoms with Crippen molar-refractivity contribution in [3.8, 4) is 11.5 Å². The molecule has 0 spiro atoms. The Balaban J connectivity index is 2.43. The summed E-state index contributed by atoms with van der Waals surface area (Å²) in [6.45, 7) is 0. The minimum absolute atomic E-state index is 0.124. The molecule has 0 saturated carbocycles. The van der Waals surface area contributed by atoms with Crippen LogP contribution in [0, 0.1) is 0 Å². The van der Waals surface area contributed by atoms with E-state index < -0.39 is 24.4 Å². The van der Waals surface area contributed by atoms with Gasteiger partial charge in [0.15, 0.2) is 0 Å². The number of alkyl halides is 5. The van der Waals surface area contributed by atoms with Gasteiger partial charge in [0.2, 0.25) is 0 Å². The Morgan fingerprint density at radius 1 is 0.696 bits per heavy atom. The van der Waals surface area contributed by atoms with Gasteiger partial charge in [-0.3, -0.25) is 0 Å². The van der Waals surface area contributed by atoms with Gasteiger partial charge < -0.3 is 10.2 Å². The highest BCUT2D eigenvalue weighted by Gasteiger charge is 2.58. The summed E-state index contributed by atoms with van der Waals surface area (Å²) in [6, 6.07) is 10.0. The van der Waals surface area contributed by atoms with Crippen molar-refractivity contribution in [2.45, 2.75) is 24.4 Å². The van der Waals surface area contributed by atoms with E-state index in [1.165, 1.54) is 48.5 Å². The van der Waals surface area contributed by atoms with Crippen molar-refractivity contribution < 1.29 is 32.2 Å². The summed E-state index contributed by atoms with van der Waals surface area (Å²) in [6.07, 6.45) is -7.12. The van der Waals surface area contributed by atoms with Gasteiger partial charge in [-0.2, -0.15) is 22.0 Å². The lowest BCUT2D eigenvalue weighted by molar-refractivity contribution is -0.285. The van der Waals surface area contributed by atoms with Crippen molar-refractivity contribution in [3.05, 3.63) is 59.7 Å². The maximum absolute atomic E-state index is 13.5. The molecule has 0 bridgehead atoms. The molecule has 0 aromatic heterocycles. The Morgan fingerprint density at radius 2 is 1.04 bits per heavy atom. The van der Waals surface area contributed by atoms with Gasteiger partial charge >= 0.3 is 12.1 Å². The SMILES string of the molecule is Oc1ccc(C(CC(F)(F)C(F)(F)F)c2ccc(O)cc2)cc1. The first-order valence-electron chi connectivity index (χ1n) is 6.62. The second-order valence-electron chi connectivity index (χ2n) is 5.14. The summed E-state index contributed by atoms with van der Waals surface area (Å²) in [5, 5.41) is 18.5. The second-order valence-corrected chi connectivity index (χ2v) is 5.14. The fraction of sp³-hybridized carbons (Fsp3) is 0.250. The van der Waals surface area contributed by atoms with Crippen LogP contribution in [0.3, 0.4) is 0 Å². The average Bonchev–Trinajstić information content (AvgIpc) is 2.46. The van der Waals surface area contributed by atoms with E-state index in [4.69, 9.17) is 0 Å². The highest BCUT2D eigenvalue weighted by atomic mass is 19.4. The zero-order valence-electron chi connectivity index (χ0n) is 11.7. The van der Waals surface area contributed by atoms with Crippen LogP contribution in [-0.4, -0.2) is 22.3 Å². The van der Waals surface area contributed by atoms with E-state index in [2.05, 4.69) is 0 Å². The molecule has 0 saturated heterocycles. The maximum Gasteiger partial charge on any atom is 0.453 e. The standard InChI is InChI=1S/C16H13F5O2/c17-15(18,16(19,20)21)9-14(10-1-5-12(22)6-2-10)11-3-7-13(23)8-4-11/h1-8,14,22-23H,9H2. The first kappa shape index (κ1) is 17.1. The van der Waals surface area contributed by atoms with Crippen LogP contribution in [0.1, 0.15) is 23.5 Å². The van der Waals surface area contributed by atoms with Gasteiger partial charge in [-0.1, -0.05) is 24.3 Å². The van der Waals surface area contributed by atoms with Gasteiger partial charge in [0, 0.05) is 12.3 Å². The molecule has 2 rings (SSSR count). The van der Waals surface area contributed by atoms with Crippen LogP contribution in [-0.2, 0) is 0 Å². The molecule has 0 atom stereocenters. The number of phenolic OH excluding ortho intramolecular Hbond substituents is 2. The molecule has 0 heterocycles. The van der Waals surface area contributed by atoms with E-state index in [9.17, 15) is 32.2 Å². The number of benzene rings is 2. The topological polar surface area (TPSA) is 40.5 Å². The highest BCUT2D eigenvalue weighted by Crippen LogP contribution is 2.44. The molecule has 2 aromatic rings. The average molecular weight is 332 g/mol. The third-order valence-electron chi connectivity index (χ3n) is 3.47. The molecule has 23 heavy (non-hydrogen) atoms. The van der Waals surface area contributed by atoms with Crippen molar-refractivity contribution in [1.29, 1.82) is 0 Å². The zero-order valence-corrected chi connectivity index (χ0v) is 11.7. The number of rotatable bonds is 4. The van der Waals surface area contributed by atoms with Crippen LogP contribution in [0.2, 0.25) is 0 Å². The minimum atomic E-state index is -5.65. The molecule has 2 aromatic carbocycles. The Hall–Kier alpha value is -2.31. The smallest absolute Gasteiger partial charge is 0.453 e. The van der Waals surface area contributed by atoms with Crippen LogP contribution in [0.25, 0.3) is 0 Å². The van der Waals surface area contributed by atoms with Crippen LogP contribution in [0.15, 0.2) is 48.5 Å². The predicted octanol–water partition coefficient (Wildman–Crippen LogP) is 4.82. The second kappa shape index (κ2) is 6.06. The van der Waals surface area contributed by atoms with Crippen molar-refractivity contribution in [2.24, 2.45) is 0 Å². The molecule has 0 aliphatic carbocycles. The highest BCUT2D eigenvalue weighted by molar-refractivity contribution is 5.38. The third kappa shape index (κ3) is 3.91. The van der Waals surface area contributed by atoms with Crippen LogP contribution in [0.4, 0.5) is 22.0 Å². The fourth-order valence-corrected chi connectivity index (χ4v) is 2.21. The number of aromatic hydroxyl groups is 2. The maximum atomic E-state index is 13.5. The molecule has 0 radical (unpaired) electrons. The summed E-state index contributed by atoms with van der Waals surface area (Å²) < 4.78 is 64.5. The summed E-state index contributed by atoms with van der Waals surface area (Å²) >= 11 is 0. The van der Waals surface area contributed by atoms with Crippen molar-refractivity contribution in [3.63, 3.8) is 0 Å². The molecule has 0 amide bonds. The van der Waals surface area contributed by atoms with Crippen molar-refractivity contribution in [2.75, 3.05) is 0 Å². The van der Waals surface area contributed by atoms with Gasteiger partial charge in [-0.25, -0.2) is 0 Å². The van der Waals surface area contributed by atoms with Gasteiger partial charge in [0.05, 0.1) is 0 Å². The lowest BCUT2D eigenvalue weighted by atomic mass is 9.86. The predicted molar refractivity (Wildman–Crippen MR) is 73.7 cm³/mol. The number of phenols is 2.